The first-order valence-corrected chi connectivity index (χ1v) is 7.28. The van der Waals surface area contributed by atoms with Gasteiger partial charge in [0, 0.05) is 25.3 Å². The first-order valence-electron chi connectivity index (χ1n) is 6.46. The molecule has 106 valence electrons. The Morgan fingerprint density at radius 3 is 2.48 bits per heavy atom. The van der Waals surface area contributed by atoms with E-state index in [0.717, 1.165) is 26.5 Å². The van der Waals surface area contributed by atoms with Crippen molar-refractivity contribution in [2.24, 2.45) is 0 Å². The summed E-state index contributed by atoms with van der Waals surface area (Å²) in [6, 6.07) is 13.0. The Kier molecular flexibility index (Phi) is 3.35. The van der Waals surface area contributed by atoms with E-state index < -0.39 is 5.97 Å². The van der Waals surface area contributed by atoms with E-state index in [0.29, 0.717) is 0 Å². The maximum absolute atomic E-state index is 10.9. The molecule has 3 aromatic rings. The third-order valence-corrected chi connectivity index (χ3v) is 4.33. The van der Waals surface area contributed by atoms with Gasteiger partial charge in [0.05, 0.1) is 15.8 Å². The predicted molar refractivity (Wildman–Crippen MR) is 86.3 cm³/mol. The number of benzene rings is 2. The molecule has 0 aliphatic heterocycles. The molecule has 1 aromatic heterocycles. The fourth-order valence-corrected chi connectivity index (χ4v) is 3.07. The van der Waals surface area contributed by atoms with E-state index in [1.807, 2.05) is 26.2 Å². The molecule has 0 fully saturated rings. The van der Waals surface area contributed by atoms with E-state index in [9.17, 15) is 4.79 Å². The first kappa shape index (κ1) is 13.6. The molecule has 4 nitrogen and oxygen atoms in total. The molecule has 0 aliphatic carbocycles. The second-order valence-corrected chi connectivity index (χ2v) is 5.98. The number of carboxylic acid groups (broad SMARTS) is 1. The van der Waals surface area contributed by atoms with Gasteiger partial charge in [0.2, 0.25) is 0 Å². The van der Waals surface area contributed by atoms with Crippen LogP contribution >= 0.6 is 11.3 Å². The summed E-state index contributed by atoms with van der Waals surface area (Å²) in [5.41, 5.74) is 3.32. The molecule has 0 spiro atoms. The molecule has 5 heteroatoms. The largest absolute Gasteiger partial charge is 0.478 e. The number of nitrogens with zero attached hydrogens (tertiary/aromatic N) is 2. The lowest BCUT2D eigenvalue weighted by Gasteiger charge is -2.11. The summed E-state index contributed by atoms with van der Waals surface area (Å²) in [4.78, 5) is 17.5. The Bertz CT molecular complexity index is 807. The summed E-state index contributed by atoms with van der Waals surface area (Å²) >= 11 is 1.61. The maximum atomic E-state index is 10.9. The van der Waals surface area contributed by atoms with Crippen LogP contribution in [0.25, 0.3) is 20.8 Å². The van der Waals surface area contributed by atoms with Crippen LogP contribution in [-0.2, 0) is 0 Å². The van der Waals surface area contributed by atoms with Crippen molar-refractivity contribution in [3.8, 4) is 10.6 Å². The molecule has 0 aliphatic rings. The highest BCUT2D eigenvalue weighted by Gasteiger charge is 2.09. The summed E-state index contributed by atoms with van der Waals surface area (Å²) in [5.74, 6) is -0.915. The smallest absolute Gasteiger partial charge is 0.335 e. The fourth-order valence-electron chi connectivity index (χ4n) is 2.07. The number of thiazole rings is 1. The maximum Gasteiger partial charge on any atom is 0.335 e. The number of carboxylic acids is 1. The van der Waals surface area contributed by atoms with Crippen molar-refractivity contribution in [1.29, 1.82) is 0 Å². The number of fused-ring (bicyclic) bond motifs is 1. The number of aromatic carboxylic acids is 1. The lowest BCUT2D eigenvalue weighted by atomic mass is 10.1. The van der Waals surface area contributed by atoms with Gasteiger partial charge in [-0.2, -0.15) is 0 Å². The Balaban J connectivity index is 2.02. The van der Waals surface area contributed by atoms with Gasteiger partial charge in [-0.15, -0.1) is 11.3 Å². The van der Waals surface area contributed by atoms with Gasteiger partial charge < -0.3 is 10.0 Å². The third kappa shape index (κ3) is 2.60. The highest BCUT2D eigenvalue weighted by Crippen LogP contribution is 2.32. The SMILES string of the molecule is CN(C)c1ccc2nc(-c3ccc(C(=O)O)cc3)sc2c1. The molecule has 0 radical (unpaired) electrons. The zero-order valence-corrected chi connectivity index (χ0v) is 12.5. The Labute approximate surface area is 126 Å². The molecular weight excluding hydrogens is 284 g/mol. The summed E-state index contributed by atoms with van der Waals surface area (Å²) < 4.78 is 1.12. The molecule has 1 N–H and O–H groups in total. The zero-order chi connectivity index (χ0) is 15.0. The number of carbonyl (C=O) groups is 1. The van der Waals surface area contributed by atoms with Crippen molar-refractivity contribution >= 4 is 33.2 Å². The third-order valence-electron chi connectivity index (χ3n) is 3.27. The lowest BCUT2D eigenvalue weighted by Crippen LogP contribution is -2.07. The minimum absolute atomic E-state index is 0.287. The van der Waals surface area contributed by atoms with E-state index in [2.05, 4.69) is 16.0 Å². The molecule has 1 heterocycles. The van der Waals surface area contributed by atoms with Gasteiger partial charge in [-0.1, -0.05) is 12.1 Å². The van der Waals surface area contributed by atoms with Gasteiger partial charge in [-0.25, -0.2) is 9.78 Å². The fraction of sp³-hybridized carbons (Fsp3) is 0.125. The number of rotatable bonds is 3. The van der Waals surface area contributed by atoms with Crippen molar-refractivity contribution < 1.29 is 9.90 Å². The van der Waals surface area contributed by atoms with Crippen molar-refractivity contribution in [2.45, 2.75) is 0 Å². The Morgan fingerprint density at radius 1 is 1.14 bits per heavy atom. The molecule has 0 amide bonds. The molecule has 0 atom stereocenters. The predicted octanol–water partition coefficient (Wildman–Crippen LogP) is 3.73. The monoisotopic (exact) mass is 298 g/mol. The lowest BCUT2D eigenvalue weighted by molar-refractivity contribution is 0.0697. The molecule has 0 saturated heterocycles. The van der Waals surface area contributed by atoms with Crippen molar-refractivity contribution in [2.75, 3.05) is 19.0 Å². The second-order valence-electron chi connectivity index (χ2n) is 4.95. The quantitative estimate of drug-likeness (QED) is 0.800. The average molecular weight is 298 g/mol. The van der Waals surface area contributed by atoms with Crippen LogP contribution in [0.15, 0.2) is 42.5 Å². The van der Waals surface area contributed by atoms with Crippen molar-refractivity contribution in [1.82, 2.24) is 4.98 Å². The van der Waals surface area contributed by atoms with E-state index in [1.165, 1.54) is 0 Å². The van der Waals surface area contributed by atoms with Crippen LogP contribution in [0.3, 0.4) is 0 Å². The van der Waals surface area contributed by atoms with Crippen LogP contribution in [-0.4, -0.2) is 30.2 Å². The van der Waals surface area contributed by atoms with Crippen molar-refractivity contribution in [3.63, 3.8) is 0 Å². The van der Waals surface area contributed by atoms with Gasteiger partial charge in [0.15, 0.2) is 0 Å². The summed E-state index contributed by atoms with van der Waals surface area (Å²) in [7, 11) is 4.02. The zero-order valence-electron chi connectivity index (χ0n) is 11.7. The minimum atomic E-state index is -0.915. The number of anilines is 1. The second kappa shape index (κ2) is 5.18. The van der Waals surface area contributed by atoms with Gasteiger partial charge >= 0.3 is 5.97 Å². The highest BCUT2D eigenvalue weighted by molar-refractivity contribution is 7.21. The van der Waals surface area contributed by atoms with Gasteiger partial charge in [-0.05, 0) is 30.3 Å². The van der Waals surface area contributed by atoms with Crippen molar-refractivity contribution in [3.05, 3.63) is 48.0 Å². The van der Waals surface area contributed by atoms with Crippen LogP contribution in [0.4, 0.5) is 5.69 Å². The van der Waals surface area contributed by atoms with Crippen LogP contribution in [0.1, 0.15) is 10.4 Å². The number of hydrogen-bond donors (Lipinski definition) is 1. The summed E-state index contributed by atoms with van der Waals surface area (Å²) in [5, 5.41) is 9.83. The molecule has 0 unspecified atom stereocenters. The molecule has 2 aromatic carbocycles. The van der Waals surface area contributed by atoms with E-state index in [-0.39, 0.29) is 5.56 Å². The number of aromatic nitrogens is 1. The highest BCUT2D eigenvalue weighted by atomic mass is 32.1. The minimum Gasteiger partial charge on any atom is -0.478 e. The van der Waals surface area contributed by atoms with Crippen LogP contribution < -0.4 is 4.90 Å². The van der Waals surface area contributed by atoms with E-state index in [1.54, 1.807) is 35.6 Å². The first-order chi connectivity index (χ1) is 10.0. The number of hydrogen-bond acceptors (Lipinski definition) is 4. The van der Waals surface area contributed by atoms with Crippen LogP contribution in [0.5, 0.6) is 0 Å². The standard InChI is InChI=1S/C16H14N2O2S/c1-18(2)12-7-8-13-14(9-12)21-15(17-13)10-3-5-11(6-4-10)16(19)20/h3-9H,1-2H3,(H,19,20). The molecular formula is C16H14N2O2S. The van der Waals surface area contributed by atoms with Gasteiger partial charge in [-0.3, -0.25) is 0 Å². The molecule has 21 heavy (non-hydrogen) atoms. The molecule has 0 saturated carbocycles. The normalized spacial score (nSPS) is 10.8. The van der Waals surface area contributed by atoms with Gasteiger partial charge in [0.1, 0.15) is 5.01 Å². The summed E-state index contributed by atoms with van der Waals surface area (Å²) in [6.07, 6.45) is 0. The van der Waals surface area contributed by atoms with Crippen LogP contribution in [0, 0.1) is 0 Å². The average Bonchev–Trinajstić information content (AvgIpc) is 2.90. The Morgan fingerprint density at radius 2 is 1.86 bits per heavy atom. The summed E-state index contributed by atoms with van der Waals surface area (Å²) in [6.45, 7) is 0. The van der Waals surface area contributed by atoms with Crippen LogP contribution in [0.2, 0.25) is 0 Å². The van der Waals surface area contributed by atoms with E-state index >= 15 is 0 Å². The molecule has 3 rings (SSSR count). The molecule has 0 bridgehead atoms. The Hall–Kier alpha value is -2.40. The van der Waals surface area contributed by atoms with E-state index in [4.69, 9.17) is 5.11 Å². The topological polar surface area (TPSA) is 53.4 Å². The van der Waals surface area contributed by atoms with Gasteiger partial charge in [0.25, 0.3) is 0 Å².